The summed E-state index contributed by atoms with van der Waals surface area (Å²) < 4.78 is 14.2. The van der Waals surface area contributed by atoms with Crippen LogP contribution in [0.25, 0.3) is 0 Å². The fraction of sp³-hybridized carbons (Fsp3) is 0.625. The van der Waals surface area contributed by atoms with Gasteiger partial charge >= 0.3 is 5.97 Å². The molecule has 0 bridgehead atoms. The van der Waals surface area contributed by atoms with E-state index in [2.05, 4.69) is 4.74 Å². The Hall–Kier alpha value is -1.19. The molecule has 70 valence electrons. The van der Waals surface area contributed by atoms with Gasteiger partial charge in [0.15, 0.2) is 0 Å². The molecule has 0 N–H and O–H groups in total. The van der Waals surface area contributed by atoms with Crippen LogP contribution in [0.1, 0.15) is 13.3 Å². The highest BCUT2D eigenvalue weighted by molar-refractivity contribution is 5.71. The molecular formula is C8H14O4. The zero-order valence-electron chi connectivity index (χ0n) is 7.62. The van der Waals surface area contributed by atoms with Gasteiger partial charge in [0.05, 0.1) is 27.2 Å². The van der Waals surface area contributed by atoms with Crippen molar-refractivity contribution in [3.8, 4) is 0 Å². The molecule has 0 aliphatic rings. The van der Waals surface area contributed by atoms with Crippen LogP contribution < -0.4 is 0 Å². The summed E-state index contributed by atoms with van der Waals surface area (Å²) in [5.74, 6) is 0.0344. The van der Waals surface area contributed by atoms with Crippen molar-refractivity contribution >= 4 is 5.97 Å². The van der Waals surface area contributed by atoms with Crippen molar-refractivity contribution in [2.24, 2.45) is 0 Å². The van der Waals surface area contributed by atoms with Crippen LogP contribution in [-0.4, -0.2) is 26.8 Å². The molecule has 0 fully saturated rings. The lowest BCUT2D eigenvalue weighted by atomic mass is 10.4. The van der Waals surface area contributed by atoms with Crippen LogP contribution in [0.2, 0.25) is 0 Å². The molecule has 12 heavy (non-hydrogen) atoms. The Morgan fingerprint density at radius 2 is 1.92 bits per heavy atom. The van der Waals surface area contributed by atoms with E-state index >= 15 is 0 Å². The van der Waals surface area contributed by atoms with E-state index in [1.807, 2.05) is 0 Å². The van der Waals surface area contributed by atoms with E-state index < -0.39 is 0 Å². The number of hydrogen-bond acceptors (Lipinski definition) is 4. The average molecular weight is 174 g/mol. The van der Waals surface area contributed by atoms with Crippen LogP contribution >= 0.6 is 0 Å². The van der Waals surface area contributed by atoms with E-state index in [4.69, 9.17) is 9.47 Å². The lowest BCUT2D eigenvalue weighted by Crippen LogP contribution is -2.02. The summed E-state index contributed by atoms with van der Waals surface area (Å²) in [5.41, 5.74) is 0. The van der Waals surface area contributed by atoms with Gasteiger partial charge in [-0.3, -0.25) is 4.79 Å². The van der Waals surface area contributed by atoms with Gasteiger partial charge < -0.3 is 14.2 Å². The molecule has 0 aromatic heterocycles. The van der Waals surface area contributed by atoms with Gasteiger partial charge in [-0.15, -0.1) is 0 Å². The number of hydrogen-bond donors (Lipinski definition) is 0. The normalized spacial score (nSPS) is 8.58. The van der Waals surface area contributed by atoms with Gasteiger partial charge in [0, 0.05) is 6.08 Å². The first-order chi connectivity index (χ1) is 5.74. The SMILES string of the molecule is CCOC(=O)CC=C(OC)OC. The number of methoxy groups -OCH3 is 2. The number of ether oxygens (including phenoxy) is 3. The van der Waals surface area contributed by atoms with Crippen molar-refractivity contribution in [1.29, 1.82) is 0 Å². The molecule has 0 radical (unpaired) electrons. The molecule has 0 rings (SSSR count). The second-order valence-corrected chi connectivity index (χ2v) is 1.94. The average Bonchev–Trinajstić information content (AvgIpc) is 2.07. The lowest BCUT2D eigenvalue weighted by Gasteiger charge is -2.02. The monoisotopic (exact) mass is 174 g/mol. The smallest absolute Gasteiger partial charge is 0.309 e. The molecule has 0 heterocycles. The first-order valence-electron chi connectivity index (χ1n) is 3.68. The summed E-state index contributed by atoms with van der Waals surface area (Å²) in [5, 5.41) is 0. The van der Waals surface area contributed by atoms with E-state index in [0.717, 1.165) is 0 Å². The maximum atomic E-state index is 10.8. The van der Waals surface area contributed by atoms with Crippen LogP contribution in [0.4, 0.5) is 0 Å². The third kappa shape index (κ3) is 4.60. The summed E-state index contributed by atoms with van der Waals surface area (Å²) in [6, 6.07) is 0. The number of carbonyl (C=O) groups excluding carboxylic acids is 1. The van der Waals surface area contributed by atoms with Crippen LogP contribution in [-0.2, 0) is 19.0 Å². The Bertz CT molecular complexity index is 156. The molecule has 0 amide bonds. The van der Waals surface area contributed by atoms with Gasteiger partial charge in [-0.1, -0.05) is 0 Å². The van der Waals surface area contributed by atoms with Gasteiger partial charge in [0.1, 0.15) is 0 Å². The third-order valence-electron chi connectivity index (χ3n) is 1.14. The van der Waals surface area contributed by atoms with E-state index in [0.29, 0.717) is 12.6 Å². The molecule has 0 aromatic carbocycles. The van der Waals surface area contributed by atoms with E-state index in [-0.39, 0.29) is 12.4 Å². The van der Waals surface area contributed by atoms with Gasteiger partial charge in [0.25, 0.3) is 5.95 Å². The highest BCUT2D eigenvalue weighted by Gasteiger charge is 2.00. The fourth-order valence-corrected chi connectivity index (χ4v) is 0.637. The Balaban J connectivity index is 3.76. The molecular weight excluding hydrogens is 160 g/mol. The maximum absolute atomic E-state index is 10.8. The van der Waals surface area contributed by atoms with Crippen molar-refractivity contribution in [2.75, 3.05) is 20.8 Å². The molecule has 0 aromatic rings. The minimum Gasteiger partial charge on any atom is -0.469 e. The Kier molecular flexibility index (Phi) is 5.87. The predicted molar refractivity (Wildman–Crippen MR) is 43.4 cm³/mol. The molecule has 0 saturated carbocycles. The van der Waals surface area contributed by atoms with E-state index in [1.54, 1.807) is 6.92 Å². The van der Waals surface area contributed by atoms with E-state index in [1.165, 1.54) is 20.3 Å². The highest BCUT2D eigenvalue weighted by atomic mass is 16.7. The van der Waals surface area contributed by atoms with Gasteiger partial charge in [-0.2, -0.15) is 0 Å². The summed E-state index contributed by atoms with van der Waals surface area (Å²) in [6.07, 6.45) is 1.70. The van der Waals surface area contributed by atoms with Crippen molar-refractivity contribution in [2.45, 2.75) is 13.3 Å². The second kappa shape index (κ2) is 6.52. The number of carbonyl (C=O) groups is 1. The summed E-state index contributed by atoms with van der Waals surface area (Å²) in [6.45, 7) is 2.15. The Morgan fingerprint density at radius 3 is 2.33 bits per heavy atom. The Labute approximate surface area is 72.1 Å². The minimum atomic E-state index is -0.288. The van der Waals surface area contributed by atoms with Gasteiger partial charge in [-0.25, -0.2) is 0 Å². The van der Waals surface area contributed by atoms with Crippen molar-refractivity contribution in [1.82, 2.24) is 0 Å². The molecule has 0 atom stereocenters. The van der Waals surface area contributed by atoms with Crippen molar-refractivity contribution in [3.63, 3.8) is 0 Å². The largest absolute Gasteiger partial charge is 0.469 e. The number of esters is 1. The quantitative estimate of drug-likeness (QED) is 0.462. The summed E-state index contributed by atoms with van der Waals surface area (Å²) in [4.78, 5) is 10.8. The first-order valence-corrected chi connectivity index (χ1v) is 3.68. The predicted octanol–water partition coefficient (Wildman–Crippen LogP) is 1.07. The molecule has 0 aliphatic carbocycles. The molecule has 0 saturated heterocycles. The van der Waals surface area contributed by atoms with E-state index in [9.17, 15) is 4.79 Å². The van der Waals surface area contributed by atoms with Crippen LogP contribution in [0.5, 0.6) is 0 Å². The molecule has 0 spiro atoms. The van der Waals surface area contributed by atoms with Gasteiger partial charge in [0.2, 0.25) is 0 Å². The zero-order chi connectivity index (χ0) is 9.40. The van der Waals surface area contributed by atoms with Crippen LogP contribution in [0.3, 0.4) is 0 Å². The molecule has 0 aliphatic heterocycles. The minimum absolute atomic E-state index is 0.171. The van der Waals surface area contributed by atoms with Crippen molar-refractivity contribution < 1.29 is 19.0 Å². The Morgan fingerprint density at radius 1 is 1.33 bits per heavy atom. The number of rotatable bonds is 5. The molecule has 4 nitrogen and oxygen atoms in total. The van der Waals surface area contributed by atoms with Crippen molar-refractivity contribution in [3.05, 3.63) is 12.0 Å². The molecule has 4 heteroatoms. The molecule has 0 unspecified atom stereocenters. The highest BCUT2D eigenvalue weighted by Crippen LogP contribution is 1.98. The topological polar surface area (TPSA) is 44.8 Å². The fourth-order valence-electron chi connectivity index (χ4n) is 0.637. The zero-order valence-corrected chi connectivity index (χ0v) is 7.62. The van der Waals surface area contributed by atoms with Gasteiger partial charge in [-0.05, 0) is 6.92 Å². The standard InChI is InChI=1S/C8H14O4/c1-4-12-7(9)5-6-8(10-2)11-3/h6H,4-5H2,1-3H3. The van der Waals surface area contributed by atoms with Crippen LogP contribution in [0.15, 0.2) is 12.0 Å². The first kappa shape index (κ1) is 10.8. The van der Waals surface area contributed by atoms with Crippen LogP contribution in [0, 0.1) is 0 Å². The third-order valence-corrected chi connectivity index (χ3v) is 1.14. The summed E-state index contributed by atoms with van der Waals surface area (Å²) >= 11 is 0. The lowest BCUT2D eigenvalue weighted by molar-refractivity contribution is -0.142. The summed E-state index contributed by atoms with van der Waals surface area (Å²) in [7, 11) is 2.95. The maximum Gasteiger partial charge on any atom is 0.309 e. The second-order valence-electron chi connectivity index (χ2n) is 1.94.